The summed E-state index contributed by atoms with van der Waals surface area (Å²) in [5, 5.41) is 10.1. The van der Waals surface area contributed by atoms with Crippen molar-refractivity contribution in [1.82, 2.24) is 9.55 Å². The summed E-state index contributed by atoms with van der Waals surface area (Å²) in [6.07, 6.45) is 2.68. The fourth-order valence-electron chi connectivity index (χ4n) is 2.13. The number of para-hydroxylation sites is 1. The van der Waals surface area contributed by atoms with Gasteiger partial charge in [-0.15, -0.1) is 0 Å². The summed E-state index contributed by atoms with van der Waals surface area (Å²) >= 11 is 1.69. The molecule has 1 N–H and O–H groups in total. The van der Waals surface area contributed by atoms with Crippen LogP contribution in [0.2, 0.25) is 0 Å². The highest BCUT2D eigenvalue weighted by Crippen LogP contribution is 2.23. The number of rotatable bonds is 7. The molecule has 4 nitrogen and oxygen atoms in total. The number of hydrogen-bond acceptors (Lipinski definition) is 4. The summed E-state index contributed by atoms with van der Waals surface area (Å²) in [4.78, 5) is 4.30. The fraction of sp³-hybridized carbons (Fsp3) is 0.438. The highest BCUT2D eigenvalue weighted by Gasteiger charge is 2.06. The van der Waals surface area contributed by atoms with Gasteiger partial charge in [-0.1, -0.05) is 30.0 Å². The first-order valence-electron chi connectivity index (χ1n) is 7.06. The van der Waals surface area contributed by atoms with E-state index < -0.39 is 0 Å². The fourth-order valence-corrected chi connectivity index (χ4v) is 3.01. The molecule has 0 aliphatic heterocycles. The molecule has 1 heterocycles. The van der Waals surface area contributed by atoms with Crippen LogP contribution in [0.15, 0.2) is 29.6 Å². The molecular formula is C16H22N2O2S. The normalized spacial score (nSPS) is 10.9. The predicted octanol–water partition coefficient (Wildman–Crippen LogP) is 3.09. The highest BCUT2D eigenvalue weighted by atomic mass is 32.2. The number of imidazole rings is 1. The molecule has 0 radical (unpaired) electrons. The van der Waals surface area contributed by atoms with Gasteiger partial charge in [0.2, 0.25) is 0 Å². The molecule has 0 saturated heterocycles. The maximum Gasteiger partial charge on any atom is 0.167 e. The maximum absolute atomic E-state index is 9.13. The van der Waals surface area contributed by atoms with E-state index >= 15 is 0 Å². The third-order valence-electron chi connectivity index (χ3n) is 3.38. The molecule has 0 fully saturated rings. The van der Waals surface area contributed by atoms with Gasteiger partial charge in [0.25, 0.3) is 0 Å². The van der Waals surface area contributed by atoms with E-state index in [-0.39, 0.29) is 6.61 Å². The van der Waals surface area contributed by atoms with E-state index in [4.69, 9.17) is 9.84 Å². The van der Waals surface area contributed by atoms with Gasteiger partial charge in [-0.25, -0.2) is 4.98 Å². The number of nitrogens with zero attached hydrogens (tertiary/aromatic N) is 2. The Balaban J connectivity index is 1.76. The van der Waals surface area contributed by atoms with Crippen molar-refractivity contribution < 1.29 is 9.84 Å². The Labute approximate surface area is 130 Å². The molecule has 0 unspecified atom stereocenters. The van der Waals surface area contributed by atoms with Crippen molar-refractivity contribution in [1.29, 1.82) is 0 Å². The molecule has 0 saturated carbocycles. The number of aryl methyl sites for hydroxylation is 2. The van der Waals surface area contributed by atoms with Crippen LogP contribution in [-0.4, -0.2) is 27.0 Å². The lowest BCUT2D eigenvalue weighted by Crippen LogP contribution is -2.02. The smallest absolute Gasteiger partial charge is 0.167 e. The van der Waals surface area contributed by atoms with Gasteiger partial charge in [0.1, 0.15) is 5.75 Å². The van der Waals surface area contributed by atoms with Crippen LogP contribution < -0.4 is 4.74 Å². The lowest BCUT2D eigenvalue weighted by atomic mass is 10.1. The van der Waals surface area contributed by atoms with Crippen molar-refractivity contribution in [3.8, 4) is 5.75 Å². The number of thioether (sulfide) groups is 1. The summed E-state index contributed by atoms with van der Waals surface area (Å²) in [6.45, 7) is 4.87. The van der Waals surface area contributed by atoms with Gasteiger partial charge < -0.3 is 14.4 Å². The molecule has 1 aromatic heterocycles. The Morgan fingerprint density at radius 1 is 1.29 bits per heavy atom. The van der Waals surface area contributed by atoms with Gasteiger partial charge in [-0.2, -0.15) is 0 Å². The van der Waals surface area contributed by atoms with Gasteiger partial charge in [-0.05, 0) is 31.4 Å². The second-order valence-corrected chi connectivity index (χ2v) is 6.08. The zero-order chi connectivity index (χ0) is 15.2. The van der Waals surface area contributed by atoms with Gasteiger partial charge in [-0.3, -0.25) is 0 Å². The summed E-state index contributed by atoms with van der Waals surface area (Å²) in [5.41, 5.74) is 3.20. The van der Waals surface area contributed by atoms with Crippen LogP contribution in [0.25, 0.3) is 0 Å². The van der Waals surface area contributed by atoms with E-state index in [9.17, 15) is 0 Å². The largest absolute Gasteiger partial charge is 0.493 e. The third-order valence-corrected chi connectivity index (χ3v) is 4.51. The number of benzene rings is 1. The molecule has 0 bridgehead atoms. The molecule has 0 amide bonds. The number of hydrogen-bond donors (Lipinski definition) is 1. The molecule has 2 rings (SSSR count). The number of aliphatic hydroxyl groups is 1. The Morgan fingerprint density at radius 2 is 2.00 bits per heavy atom. The number of aliphatic hydroxyl groups excluding tert-OH is 1. The number of aromatic nitrogens is 2. The summed E-state index contributed by atoms with van der Waals surface area (Å²) in [6, 6.07) is 6.19. The number of ether oxygens (including phenoxy) is 1. The molecule has 0 aliphatic carbocycles. The van der Waals surface area contributed by atoms with E-state index in [0.29, 0.717) is 6.61 Å². The van der Waals surface area contributed by atoms with Crippen molar-refractivity contribution in [2.24, 2.45) is 7.05 Å². The van der Waals surface area contributed by atoms with Gasteiger partial charge in [0, 0.05) is 12.8 Å². The molecule has 0 spiro atoms. The molecule has 21 heavy (non-hydrogen) atoms. The molecule has 1 aromatic carbocycles. The molecule has 114 valence electrons. The zero-order valence-corrected chi connectivity index (χ0v) is 13.6. The van der Waals surface area contributed by atoms with Crippen LogP contribution in [0.4, 0.5) is 0 Å². The lowest BCUT2D eigenvalue weighted by Gasteiger charge is -2.11. The van der Waals surface area contributed by atoms with E-state index in [2.05, 4.69) is 31.0 Å². The first kappa shape index (κ1) is 15.9. The third kappa shape index (κ3) is 4.02. The van der Waals surface area contributed by atoms with E-state index in [0.717, 1.165) is 28.8 Å². The van der Waals surface area contributed by atoms with Crippen LogP contribution >= 0.6 is 11.8 Å². The van der Waals surface area contributed by atoms with Crippen LogP contribution in [0.5, 0.6) is 5.75 Å². The lowest BCUT2D eigenvalue weighted by molar-refractivity contribution is 0.271. The first-order chi connectivity index (χ1) is 10.1. The van der Waals surface area contributed by atoms with Gasteiger partial charge in [0.05, 0.1) is 25.1 Å². The van der Waals surface area contributed by atoms with Crippen molar-refractivity contribution in [3.05, 3.63) is 41.2 Å². The molecular weight excluding hydrogens is 284 g/mol. The predicted molar refractivity (Wildman–Crippen MR) is 85.9 cm³/mol. The van der Waals surface area contributed by atoms with E-state index in [1.807, 2.05) is 17.7 Å². The Bertz CT molecular complexity index is 576. The minimum absolute atomic E-state index is 0.0275. The average Bonchev–Trinajstić information content (AvgIpc) is 2.82. The quantitative estimate of drug-likeness (QED) is 0.631. The van der Waals surface area contributed by atoms with Crippen molar-refractivity contribution in [3.63, 3.8) is 0 Å². The summed E-state index contributed by atoms with van der Waals surface area (Å²) in [7, 11) is 1.92. The van der Waals surface area contributed by atoms with Crippen LogP contribution in [0.3, 0.4) is 0 Å². The molecule has 5 heteroatoms. The minimum Gasteiger partial charge on any atom is -0.493 e. The monoisotopic (exact) mass is 306 g/mol. The van der Waals surface area contributed by atoms with Crippen molar-refractivity contribution in [2.75, 3.05) is 12.4 Å². The van der Waals surface area contributed by atoms with E-state index in [1.165, 1.54) is 11.1 Å². The highest BCUT2D eigenvalue weighted by molar-refractivity contribution is 7.99. The molecule has 2 aromatic rings. The van der Waals surface area contributed by atoms with Gasteiger partial charge >= 0.3 is 0 Å². The molecule has 0 atom stereocenters. The Kier molecular flexibility index (Phi) is 5.70. The standard InChI is InChI=1S/C16H22N2O2S/c1-12-6-4-7-13(2)15(12)20-8-5-9-21-16-17-10-14(11-19)18(16)3/h4,6-7,10,19H,5,8-9,11H2,1-3H3. The van der Waals surface area contributed by atoms with Crippen LogP contribution in [0, 0.1) is 13.8 Å². The topological polar surface area (TPSA) is 47.3 Å². The van der Waals surface area contributed by atoms with Crippen molar-refractivity contribution >= 4 is 11.8 Å². The van der Waals surface area contributed by atoms with Crippen LogP contribution in [-0.2, 0) is 13.7 Å². The van der Waals surface area contributed by atoms with Crippen molar-refractivity contribution in [2.45, 2.75) is 32.0 Å². The zero-order valence-electron chi connectivity index (χ0n) is 12.8. The first-order valence-corrected chi connectivity index (χ1v) is 8.05. The summed E-state index contributed by atoms with van der Waals surface area (Å²) in [5.74, 6) is 1.95. The summed E-state index contributed by atoms with van der Waals surface area (Å²) < 4.78 is 7.81. The Morgan fingerprint density at radius 3 is 2.62 bits per heavy atom. The second-order valence-electron chi connectivity index (χ2n) is 5.02. The second kappa shape index (κ2) is 7.52. The molecule has 0 aliphatic rings. The minimum atomic E-state index is 0.0275. The van der Waals surface area contributed by atoms with Crippen LogP contribution in [0.1, 0.15) is 23.2 Å². The van der Waals surface area contributed by atoms with Gasteiger partial charge in [0.15, 0.2) is 5.16 Å². The maximum atomic E-state index is 9.13. The SMILES string of the molecule is Cc1cccc(C)c1OCCCSc1ncc(CO)n1C. The van der Waals surface area contributed by atoms with E-state index in [1.54, 1.807) is 18.0 Å². The Hall–Kier alpha value is -1.46. The average molecular weight is 306 g/mol.